The molecule has 18 heavy (non-hydrogen) atoms. The van der Waals surface area contributed by atoms with Crippen LogP contribution in [0.4, 0.5) is 5.69 Å². The summed E-state index contributed by atoms with van der Waals surface area (Å²) in [6.07, 6.45) is 7.74. The lowest BCUT2D eigenvalue weighted by Gasteiger charge is -2.08. The van der Waals surface area contributed by atoms with Gasteiger partial charge >= 0.3 is 0 Å². The molecule has 1 amide bonds. The molecule has 0 spiro atoms. The lowest BCUT2D eigenvalue weighted by Crippen LogP contribution is -2.14. The lowest BCUT2D eigenvalue weighted by molar-refractivity contribution is 0.102. The molecule has 5 heteroatoms. The molecule has 1 aliphatic carbocycles. The summed E-state index contributed by atoms with van der Waals surface area (Å²) in [5, 5.41) is 10.2. The fraction of sp³-hybridized carbons (Fsp3) is 0.231. The van der Waals surface area contributed by atoms with Crippen molar-refractivity contribution in [2.75, 3.05) is 5.32 Å². The first-order valence-corrected chi connectivity index (χ1v) is 5.89. The standard InChI is InChI=1S/C13H12N4O/c18-13(17-9-4-7-15-16-8-9)11-5-6-14-12-3-1-2-10(11)12/h4-8H,1-3H2,(H,15,17,18). The molecule has 0 radical (unpaired) electrons. The molecule has 2 heterocycles. The molecule has 2 aromatic heterocycles. The molecule has 0 bridgehead atoms. The molecule has 0 saturated carbocycles. The number of anilines is 1. The summed E-state index contributed by atoms with van der Waals surface area (Å²) in [5.41, 5.74) is 3.50. The number of hydrogen-bond acceptors (Lipinski definition) is 4. The van der Waals surface area contributed by atoms with Crippen molar-refractivity contribution in [2.24, 2.45) is 0 Å². The summed E-state index contributed by atoms with van der Waals surface area (Å²) in [6, 6.07) is 3.49. The first-order chi connectivity index (χ1) is 8.84. The van der Waals surface area contributed by atoms with Crippen LogP contribution in [0.5, 0.6) is 0 Å². The zero-order valence-electron chi connectivity index (χ0n) is 9.76. The van der Waals surface area contributed by atoms with E-state index in [2.05, 4.69) is 20.5 Å². The maximum absolute atomic E-state index is 12.2. The summed E-state index contributed by atoms with van der Waals surface area (Å²) < 4.78 is 0. The van der Waals surface area contributed by atoms with E-state index in [1.807, 2.05) is 0 Å². The Labute approximate surface area is 104 Å². The molecule has 0 aromatic carbocycles. The lowest BCUT2D eigenvalue weighted by atomic mass is 10.1. The Hall–Kier alpha value is -2.30. The van der Waals surface area contributed by atoms with Crippen LogP contribution in [0.2, 0.25) is 0 Å². The first kappa shape index (κ1) is 10.8. The summed E-state index contributed by atoms with van der Waals surface area (Å²) in [4.78, 5) is 16.5. The molecule has 0 atom stereocenters. The number of nitrogens with one attached hydrogen (secondary N) is 1. The Balaban J connectivity index is 1.88. The molecule has 0 unspecified atom stereocenters. The highest BCUT2D eigenvalue weighted by Gasteiger charge is 2.19. The van der Waals surface area contributed by atoms with Gasteiger partial charge in [-0.15, -0.1) is 0 Å². The summed E-state index contributed by atoms with van der Waals surface area (Å²) in [7, 11) is 0. The normalized spacial score (nSPS) is 13.1. The first-order valence-electron chi connectivity index (χ1n) is 5.89. The topological polar surface area (TPSA) is 67.8 Å². The van der Waals surface area contributed by atoms with E-state index in [0.29, 0.717) is 11.3 Å². The van der Waals surface area contributed by atoms with Crippen LogP contribution in [0.25, 0.3) is 0 Å². The molecule has 5 nitrogen and oxygen atoms in total. The zero-order valence-corrected chi connectivity index (χ0v) is 9.76. The van der Waals surface area contributed by atoms with Crippen LogP contribution in [-0.2, 0) is 12.8 Å². The highest BCUT2D eigenvalue weighted by atomic mass is 16.1. The van der Waals surface area contributed by atoms with Gasteiger partial charge in [0.1, 0.15) is 0 Å². The van der Waals surface area contributed by atoms with E-state index in [1.54, 1.807) is 24.5 Å². The Morgan fingerprint density at radius 3 is 2.94 bits per heavy atom. The van der Waals surface area contributed by atoms with Gasteiger partial charge in [0.05, 0.1) is 18.1 Å². The van der Waals surface area contributed by atoms with Gasteiger partial charge < -0.3 is 5.32 Å². The fourth-order valence-corrected chi connectivity index (χ4v) is 2.24. The van der Waals surface area contributed by atoms with Gasteiger partial charge in [-0.1, -0.05) is 0 Å². The number of hydrogen-bond donors (Lipinski definition) is 1. The minimum atomic E-state index is -0.108. The maximum Gasteiger partial charge on any atom is 0.256 e. The maximum atomic E-state index is 12.2. The number of aromatic nitrogens is 3. The monoisotopic (exact) mass is 240 g/mol. The van der Waals surface area contributed by atoms with Gasteiger partial charge in [0.25, 0.3) is 5.91 Å². The second kappa shape index (κ2) is 4.52. The summed E-state index contributed by atoms with van der Waals surface area (Å²) in [6.45, 7) is 0. The second-order valence-electron chi connectivity index (χ2n) is 4.22. The predicted molar refractivity (Wildman–Crippen MR) is 66.2 cm³/mol. The molecule has 1 aliphatic rings. The molecule has 3 rings (SSSR count). The van der Waals surface area contributed by atoms with Crippen LogP contribution < -0.4 is 5.32 Å². The molecule has 0 aliphatic heterocycles. The number of nitrogens with zero attached hydrogens (tertiary/aromatic N) is 3. The van der Waals surface area contributed by atoms with Crippen molar-refractivity contribution >= 4 is 11.6 Å². The minimum Gasteiger partial charge on any atom is -0.320 e. The van der Waals surface area contributed by atoms with Gasteiger partial charge in [0.2, 0.25) is 0 Å². The van der Waals surface area contributed by atoms with Crippen LogP contribution in [0.3, 0.4) is 0 Å². The smallest absolute Gasteiger partial charge is 0.256 e. The Kier molecular flexibility index (Phi) is 2.72. The van der Waals surface area contributed by atoms with Crippen molar-refractivity contribution in [1.82, 2.24) is 15.2 Å². The summed E-state index contributed by atoms with van der Waals surface area (Å²) in [5.74, 6) is -0.108. The van der Waals surface area contributed by atoms with Crippen molar-refractivity contribution in [3.8, 4) is 0 Å². The third-order valence-corrected chi connectivity index (χ3v) is 3.07. The SMILES string of the molecule is O=C(Nc1ccnnc1)c1ccnc2c1CCC2. The van der Waals surface area contributed by atoms with Crippen molar-refractivity contribution < 1.29 is 4.79 Å². The van der Waals surface area contributed by atoms with E-state index in [0.717, 1.165) is 30.5 Å². The van der Waals surface area contributed by atoms with Gasteiger partial charge in [-0.3, -0.25) is 9.78 Å². The Bertz CT molecular complexity index is 583. The van der Waals surface area contributed by atoms with Gasteiger partial charge in [-0.05, 0) is 37.0 Å². The zero-order chi connectivity index (χ0) is 12.4. The number of fused-ring (bicyclic) bond motifs is 1. The molecular weight excluding hydrogens is 228 g/mol. The number of carbonyl (C=O) groups is 1. The fourth-order valence-electron chi connectivity index (χ4n) is 2.24. The highest BCUT2D eigenvalue weighted by Crippen LogP contribution is 2.23. The van der Waals surface area contributed by atoms with E-state index in [4.69, 9.17) is 0 Å². The highest BCUT2D eigenvalue weighted by molar-refractivity contribution is 6.05. The number of rotatable bonds is 2. The van der Waals surface area contributed by atoms with Gasteiger partial charge in [-0.25, -0.2) is 0 Å². The van der Waals surface area contributed by atoms with Crippen LogP contribution in [0, 0.1) is 0 Å². The minimum absolute atomic E-state index is 0.108. The number of amides is 1. The average molecular weight is 240 g/mol. The number of aryl methyl sites for hydroxylation is 1. The van der Waals surface area contributed by atoms with Crippen LogP contribution >= 0.6 is 0 Å². The van der Waals surface area contributed by atoms with Crippen molar-refractivity contribution in [1.29, 1.82) is 0 Å². The Morgan fingerprint density at radius 1 is 1.17 bits per heavy atom. The molecular formula is C13H12N4O. The Morgan fingerprint density at radius 2 is 2.11 bits per heavy atom. The van der Waals surface area contributed by atoms with E-state index >= 15 is 0 Å². The average Bonchev–Trinajstić information content (AvgIpc) is 2.87. The number of carbonyl (C=O) groups excluding carboxylic acids is 1. The third-order valence-electron chi connectivity index (χ3n) is 3.07. The van der Waals surface area contributed by atoms with Crippen LogP contribution in [-0.4, -0.2) is 21.1 Å². The van der Waals surface area contributed by atoms with E-state index < -0.39 is 0 Å². The molecule has 0 saturated heterocycles. The van der Waals surface area contributed by atoms with Gasteiger partial charge in [-0.2, -0.15) is 10.2 Å². The predicted octanol–water partition coefficient (Wildman–Crippen LogP) is 1.61. The molecule has 90 valence electrons. The third kappa shape index (κ3) is 1.95. The van der Waals surface area contributed by atoms with Crippen LogP contribution in [0.1, 0.15) is 28.0 Å². The molecule has 0 fully saturated rings. The summed E-state index contributed by atoms with van der Waals surface area (Å²) >= 11 is 0. The van der Waals surface area contributed by atoms with E-state index in [9.17, 15) is 4.79 Å². The molecule has 2 aromatic rings. The van der Waals surface area contributed by atoms with Gasteiger partial charge in [0.15, 0.2) is 0 Å². The largest absolute Gasteiger partial charge is 0.320 e. The quantitative estimate of drug-likeness (QED) is 0.866. The van der Waals surface area contributed by atoms with Crippen molar-refractivity contribution in [3.63, 3.8) is 0 Å². The van der Waals surface area contributed by atoms with Crippen molar-refractivity contribution in [3.05, 3.63) is 47.5 Å². The molecule has 1 N–H and O–H groups in total. The van der Waals surface area contributed by atoms with Crippen LogP contribution in [0.15, 0.2) is 30.7 Å². The second-order valence-corrected chi connectivity index (χ2v) is 4.22. The van der Waals surface area contributed by atoms with E-state index in [-0.39, 0.29) is 5.91 Å². The van der Waals surface area contributed by atoms with E-state index in [1.165, 1.54) is 6.20 Å². The van der Waals surface area contributed by atoms with Crippen molar-refractivity contribution in [2.45, 2.75) is 19.3 Å². The van der Waals surface area contributed by atoms with Gasteiger partial charge in [0, 0.05) is 17.5 Å². The number of pyridine rings is 1.